The van der Waals surface area contributed by atoms with Crippen LogP contribution in [0, 0.1) is 0 Å². The Bertz CT molecular complexity index is 2440. The maximum absolute atomic E-state index is 5.17. The van der Waals surface area contributed by atoms with Crippen LogP contribution in [0.4, 0.5) is 11.4 Å². The zero-order valence-corrected chi connectivity index (χ0v) is 26.0. The molecule has 0 saturated carbocycles. The molecule has 0 aliphatic rings. The Morgan fingerprint density at radius 3 is 2.35 bits per heavy atom. The average Bonchev–Trinajstić information content (AvgIpc) is 3.63. The van der Waals surface area contributed by atoms with E-state index in [9.17, 15) is 0 Å². The van der Waals surface area contributed by atoms with E-state index in [2.05, 4.69) is 106 Å². The fourth-order valence-electron chi connectivity index (χ4n) is 6.21. The largest absolute Gasteiger partial charge is 0.309 e. The van der Waals surface area contributed by atoms with Crippen molar-refractivity contribution in [2.24, 2.45) is 0 Å². The molecule has 0 N–H and O–H groups in total. The molecule has 46 heavy (non-hydrogen) atoms. The SMILES string of the molecule is C=C/C=C(\C=C/C)N(c1ccccc1)c1cnc2c3cc4c(cc3n(-c3ccc(-c5ccncc5)cn3)c2c1)sc1ccccc14. The molecule has 5 heterocycles. The summed E-state index contributed by atoms with van der Waals surface area (Å²) in [5.74, 6) is 0.832. The van der Waals surface area contributed by atoms with Crippen molar-refractivity contribution in [3.63, 3.8) is 0 Å². The van der Waals surface area contributed by atoms with Crippen molar-refractivity contribution in [2.75, 3.05) is 4.90 Å². The van der Waals surface area contributed by atoms with Crippen molar-refractivity contribution in [3.05, 3.63) is 158 Å². The maximum Gasteiger partial charge on any atom is 0.137 e. The van der Waals surface area contributed by atoms with Crippen LogP contribution in [0.3, 0.4) is 0 Å². The Kier molecular flexibility index (Phi) is 6.97. The Balaban J connectivity index is 1.41. The van der Waals surface area contributed by atoms with E-state index >= 15 is 0 Å². The van der Waals surface area contributed by atoms with E-state index in [0.29, 0.717) is 0 Å². The number of hydrogen-bond acceptors (Lipinski definition) is 5. The van der Waals surface area contributed by atoms with Gasteiger partial charge in [0.25, 0.3) is 0 Å². The van der Waals surface area contributed by atoms with E-state index in [-0.39, 0.29) is 0 Å². The van der Waals surface area contributed by atoms with Gasteiger partial charge in [-0.25, -0.2) is 4.98 Å². The molecule has 0 radical (unpaired) electrons. The highest BCUT2D eigenvalue weighted by Gasteiger charge is 2.20. The van der Waals surface area contributed by atoms with E-state index < -0.39 is 0 Å². The van der Waals surface area contributed by atoms with Crippen molar-refractivity contribution < 1.29 is 0 Å². The van der Waals surface area contributed by atoms with E-state index in [1.54, 1.807) is 12.4 Å². The molecule has 0 aliphatic carbocycles. The minimum Gasteiger partial charge on any atom is -0.309 e. The fraction of sp³-hybridized carbons (Fsp3) is 0.0250. The molecular formula is C40H29N5S. The van der Waals surface area contributed by atoms with Crippen LogP contribution in [0.5, 0.6) is 0 Å². The number of hydrogen-bond donors (Lipinski definition) is 0. The van der Waals surface area contributed by atoms with Crippen LogP contribution in [0.15, 0.2) is 158 Å². The average molecular weight is 612 g/mol. The van der Waals surface area contributed by atoms with Crippen molar-refractivity contribution >= 4 is 64.8 Å². The molecule has 220 valence electrons. The highest BCUT2D eigenvalue weighted by atomic mass is 32.1. The number of aromatic nitrogens is 4. The maximum atomic E-state index is 5.17. The predicted octanol–water partition coefficient (Wildman–Crippen LogP) is 10.8. The first kappa shape index (κ1) is 27.7. The lowest BCUT2D eigenvalue weighted by Gasteiger charge is -2.26. The number of thiophene rings is 1. The van der Waals surface area contributed by atoms with Gasteiger partial charge in [0.2, 0.25) is 0 Å². The summed E-state index contributed by atoms with van der Waals surface area (Å²) in [5.41, 5.74) is 8.07. The molecular weight excluding hydrogens is 583 g/mol. The quantitative estimate of drug-likeness (QED) is 0.168. The Labute approximate surface area is 270 Å². The van der Waals surface area contributed by atoms with E-state index in [1.165, 1.54) is 20.2 Å². The van der Waals surface area contributed by atoms with Crippen LogP contribution in [0.2, 0.25) is 0 Å². The summed E-state index contributed by atoms with van der Waals surface area (Å²) in [6.07, 6.45) is 15.5. The topological polar surface area (TPSA) is 46.8 Å². The minimum absolute atomic E-state index is 0.832. The Morgan fingerprint density at radius 1 is 0.739 bits per heavy atom. The zero-order chi connectivity index (χ0) is 31.0. The molecule has 0 fully saturated rings. The standard InChI is InChI=1S/C40H29N5S/c1-3-10-29(11-4-2)44(30-12-6-5-7-13-30)31-22-36-40(43-26-31)34-23-33-32-14-8-9-15-37(32)46-38(33)24-35(34)45(36)39-17-16-28(25-42-39)27-18-20-41-21-19-27/h3-26H,1H2,2H3/b11-4-,29-10+. The van der Waals surface area contributed by atoms with Crippen molar-refractivity contribution in [2.45, 2.75) is 6.92 Å². The number of para-hydroxylation sites is 1. The second kappa shape index (κ2) is 11.6. The number of benzene rings is 3. The van der Waals surface area contributed by atoms with Gasteiger partial charge in [0.15, 0.2) is 0 Å². The van der Waals surface area contributed by atoms with Gasteiger partial charge in [0, 0.05) is 61.1 Å². The predicted molar refractivity (Wildman–Crippen MR) is 194 cm³/mol. The van der Waals surface area contributed by atoms with Crippen LogP contribution >= 0.6 is 11.3 Å². The van der Waals surface area contributed by atoms with Crippen LogP contribution in [0.25, 0.3) is 59.1 Å². The first-order valence-electron chi connectivity index (χ1n) is 15.2. The van der Waals surface area contributed by atoms with Gasteiger partial charge in [-0.2, -0.15) is 0 Å². The van der Waals surface area contributed by atoms with Gasteiger partial charge in [-0.15, -0.1) is 11.3 Å². The van der Waals surface area contributed by atoms with Crippen LogP contribution in [-0.4, -0.2) is 19.5 Å². The number of pyridine rings is 3. The van der Waals surface area contributed by atoms with Crippen molar-refractivity contribution in [1.82, 2.24) is 19.5 Å². The zero-order valence-electron chi connectivity index (χ0n) is 25.2. The minimum atomic E-state index is 0.832. The number of allylic oxidation sites excluding steroid dienone is 4. The second-order valence-corrected chi connectivity index (χ2v) is 12.1. The molecule has 6 heteroatoms. The third-order valence-electron chi connectivity index (χ3n) is 8.23. The molecule has 0 spiro atoms. The molecule has 0 saturated heterocycles. The second-order valence-electron chi connectivity index (χ2n) is 11.0. The highest BCUT2D eigenvalue weighted by Crippen LogP contribution is 2.41. The third-order valence-corrected chi connectivity index (χ3v) is 9.37. The number of rotatable bonds is 7. The first-order valence-corrected chi connectivity index (χ1v) is 16.0. The summed E-state index contributed by atoms with van der Waals surface area (Å²) in [6, 6.07) is 34.0. The summed E-state index contributed by atoms with van der Waals surface area (Å²) < 4.78 is 4.76. The summed E-state index contributed by atoms with van der Waals surface area (Å²) in [5, 5.41) is 3.61. The van der Waals surface area contributed by atoms with Crippen molar-refractivity contribution in [1.29, 1.82) is 0 Å². The molecule has 5 aromatic heterocycles. The van der Waals surface area contributed by atoms with Crippen LogP contribution in [0.1, 0.15) is 6.92 Å². The molecule has 0 unspecified atom stereocenters. The molecule has 3 aromatic carbocycles. The lowest BCUT2D eigenvalue weighted by molar-refractivity contribution is 1.08. The Hall–Kier alpha value is -5.85. The highest BCUT2D eigenvalue weighted by molar-refractivity contribution is 7.25. The van der Waals surface area contributed by atoms with E-state index in [4.69, 9.17) is 9.97 Å². The van der Waals surface area contributed by atoms with Gasteiger partial charge in [0.05, 0.1) is 28.4 Å². The number of nitrogens with zero attached hydrogens (tertiary/aromatic N) is 5. The molecule has 0 amide bonds. The third kappa shape index (κ3) is 4.67. The molecule has 8 aromatic rings. The monoisotopic (exact) mass is 611 g/mol. The van der Waals surface area contributed by atoms with Gasteiger partial charge < -0.3 is 4.90 Å². The van der Waals surface area contributed by atoms with Gasteiger partial charge in [-0.3, -0.25) is 14.5 Å². The number of fused-ring (bicyclic) bond motifs is 6. The summed E-state index contributed by atoms with van der Waals surface area (Å²) in [7, 11) is 0. The summed E-state index contributed by atoms with van der Waals surface area (Å²) in [6.45, 7) is 6.01. The lowest BCUT2D eigenvalue weighted by atomic mass is 10.1. The summed E-state index contributed by atoms with van der Waals surface area (Å²) >= 11 is 1.82. The normalized spacial score (nSPS) is 12.2. The van der Waals surface area contributed by atoms with E-state index in [1.807, 2.05) is 67.1 Å². The smallest absolute Gasteiger partial charge is 0.137 e. The van der Waals surface area contributed by atoms with Gasteiger partial charge in [0.1, 0.15) is 5.82 Å². The lowest BCUT2D eigenvalue weighted by Crippen LogP contribution is -2.15. The van der Waals surface area contributed by atoms with Gasteiger partial charge in [-0.05, 0) is 85.3 Å². The van der Waals surface area contributed by atoms with Gasteiger partial charge in [-0.1, -0.05) is 55.1 Å². The van der Waals surface area contributed by atoms with Crippen LogP contribution in [-0.2, 0) is 0 Å². The molecule has 5 nitrogen and oxygen atoms in total. The number of anilines is 2. The summed E-state index contributed by atoms with van der Waals surface area (Å²) in [4.78, 5) is 16.6. The first-order chi connectivity index (χ1) is 22.7. The van der Waals surface area contributed by atoms with Gasteiger partial charge >= 0.3 is 0 Å². The molecule has 8 rings (SSSR count). The molecule has 0 bridgehead atoms. The Morgan fingerprint density at radius 2 is 1.57 bits per heavy atom. The van der Waals surface area contributed by atoms with E-state index in [0.717, 1.165) is 56.0 Å². The fourth-order valence-corrected chi connectivity index (χ4v) is 7.33. The van der Waals surface area contributed by atoms with Crippen molar-refractivity contribution in [3.8, 4) is 16.9 Å². The molecule has 0 atom stereocenters. The molecule has 0 aliphatic heterocycles. The van der Waals surface area contributed by atoms with Crippen LogP contribution < -0.4 is 4.90 Å².